The summed E-state index contributed by atoms with van der Waals surface area (Å²) in [7, 11) is 1.29. The van der Waals surface area contributed by atoms with Gasteiger partial charge in [0.05, 0.1) is 17.2 Å². The number of benzene rings is 1. The molecule has 1 aromatic rings. The molecule has 28 heavy (non-hydrogen) atoms. The summed E-state index contributed by atoms with van der Waals surface area (Å²) >= 11 is 5.85. The molecule has 0 saturated carbocycles. The number of ether oxygens (including phenoxy) is 1. The summed E-state index contributed by atoms with van der Waals surface area (Å²) in [6, 6.07) is 3.67. The van der Waals surface area contributed by atoms with E-state index in [4.69, 9.17) is 20.8 Å². The van der Waals surface area contributed by atoms with E-state index in [1.807, 2.05) is 12.2 Å². The van der Waals surface area contributed by atoms with Crippen LogP contribution < -0.4 is 4.74 Å². The first-order chi connectivity index (χ1) is 12.8. The van der Waals surface area contributed by atoms with Gasteiger partial charge in [-0.05, 0) is 42.4 Å². The van der Waals surface area contributed by atoms with Crippen LogP contribution in [-0.4, -0.2) is 21.5 Å². The predicted molar refractivity (Wildman–Crippen MR) is 116 cm³/mol. The lowest BCUT2D eigenvalue weighted by molar-refractivity contribution is -0.137. The summed E-state index contributed by atoms with van der Waals surface area (Å²) in [5, 5.41) is -0.262. The highest BCUT2D eigenvalue weighted by Gasteiger charge is 2.37. The zero-order chi connectivity index (χ0) is 21.2. The summed E-state index contributed by atoms with van der Waals surface area (Å²) in [6.45, 7) is 11.7. The summed E-state index contributed by atoms with van der Waals surface area (Å²) < 4.78 is 50.5. The third-order valence-corrected chi connectivity index (χ3v) is 12.2. The number of rotatable bonds is 6. The molecule has 156 valence electrons. The molecule has 1 aliphatic heterocycles. The monoisotopic (exact) mass is 468 g/mol. The molecule has 0 bridgehead atoms. The second-order valence-electron chi connectivity index (χ2n) is 7.89. The van der Waals surface area contributed by atoms with Gasteiger partial charge in [0.1, 0.15) is 12.4 Å². The average Bonchev–Trinajstić information content (AvgIpc) is 2.58. The fourth-order valence-corrected chi connectivity index (χ4v) is 5.23. The third kappa shape index (κ3) is 6.23. The molecule has 9 heteroatoms. The Morgan fingerprint density at radius 1 is 1.00 bits per heavy atom. The van der Waals surface area contributed by atoms with Gasteiger partial charge in [0.15, 0.2) is 8.32 Å². The lowest BCUT2D eigenvalue weighted by Crippen LogP contribution is -2.41. The molecule has 0 aromatic heterocycles. The molecule has 1 aliphatic rings. The van der Waals surface area contributed by atoms with Crippen molar-refractivity contribution in [2.24, 2.45) is 0 Å². The highest BCUT2D eigenvalue weighted by molar-refractivity contribution is 8.79. The molecule has 0 amide bonds. The van der Waals surface area contributed by atoms with Gasteiger partial charge < -0.3 is 9.16 Å². The van der Waals surface area contributed by atoms with Crippen molar-refractivity contribution in [1.82, 2.24) is 0 Å². The summed E-state index contributed by atoms with van der Waals surface area (Å²) in [4.78, 5) is 2.00. The van der Waals surface area contributed by atoms with Crippen molar-refractivity contribution in [2.75, 3.05) is 13.2 Å². The Bertz CT molecular complexity index is 771. The number of hydrogen-bond acceptors (Lipinski definition) is 4. The minimum Gasteiger partial charge on any atom is -0.487 e. The standard InChI is InChI=1S/C19H24ClF3O2S2Si/c1-18(2,3)28(4,5)25-12-14-10-9-13(26-27-14)11-24-16-8-6-7-15(17(16)20)19(21,22)23/h6-10H,11-12H2,1-5H3. The van der Waals surface area contributed by atoms with Crippen molar-refractivity contribution in [3.8, 4) is 5.75 Å². The van der Waals surface area contributed by atoms with Gasteiger partial charge in [-0.1, -0.05) is 60.0 Å². The van der Waals surface area contributed by atoms with Crippen LogP contribution >= 0.6 is 33.2 Å². The quantitative estimate of drug-likeness (QED) is 0.311. The minimum absolute atomic E-state index is 0.0269. The van der Waals surface area contributed by atoms with Crippen molar-refractivity contribution in [3.05, 3.63) is 50.7 Å². The van der Waals surface area contributed by atoms with Crippen molar-refractivity contribution in [2.45, 2.75) is 45.1 Å². The van der Waals surface area contributed by atoms with E-state index < -0.39 is 25.1 Å². The molecule has 0 radical (unpaired) electrons. The van der Waals surface area contributed by atoms with Gasteiger partial charge in [0.25, 0.3) is 0 Å². The fraction of sp³-hybridized carbons (Fsp3) is 0.474. The Morgan fingerprint density at radius 3 is 2.07 bits per heavy atom. The van der Waals surface area contributed by atoms with Crippen molar-refractivity contribution in [3.63, 3.8) is 0 Å². The highest BCUT2D eigenvalue weighted by Crippen LogP contribution is 2.43. The maximum atomic E-state index is 12.9. The Hall–Kier alpha value is -0.543. The van der Waals surface area contributed by atoms with Crippen LogP contribution in [0.2, 0.25) is 23.2 Å². The second-order valence-corrected chi connectivity index (χ2v) is 15.5. The second kappa shape index (κ2) is 9.08. The fourth-order valence-electron chi connectivity index (χ4n) is 1.95. The molecule has 0 unspecified atom stereocenters. The van der Waals surface area contributed by atoms with E-state index in [0.29, 0.717) is 6.61 Å². The van der Waals surface area contributed by atoms with Crippen LogP contribution in [-0.2, 0) is 10.6 Å². The van der Waals surface area contributed by atoms with Crippen molar-refractivity contribution >= 4 is 41.5 Å². The van der Waals surface area contributed by atoms with Gasteiger partial charge in [0.2, 0.25) is 0 Å². The van der Waals surface area contributed by atoms with Crippen LogP contribution in [0, 0.1) is 0 Å². The molecule has 1 heterocycles. The van der Waals surface area contributed by atoms with Gasteiger partial charge in [-0.2, -0.15) is 13.2 Å². The predicted octanol–water partition coefficient (Wildman–Crippen LogP) is 7.92. The zero-order valence-corrected chi connectivity index (χ0v) is 19.8. The molecule has 1 aromatic carbocycles. The van der Waals surface area contributed by atoms with Crippen LogP contribution in [0.4, 0.5) is 13.2 Å². The topological polar surface area (TPSA) is 18.5 Å². The first-order valence-electron chi connectivity index (χ1n) is 8.68. The maximum Gasteiger partial charge on any atom is 0.417 e. The smallest absolute Gasteiger partial charge is 0.417 e. The molecular formula is C19H24ClF3O2S2Si. The van der Waals surface area contributed by atoms with Gasteiger partial charge in [-0.15, -0.1) is 0 Å². The third-order valence-electron chi connectivity index (χ3n) is 4.73. The lowest BCUT2D eigenvalue weighted by atomic mass is 10.2. The number of halogens is 4. The number of alkyl halides is 3. The molecular weight excluding hydrogens is 445 g/mol. The van der Waals surface area contributed by atoms with Gasteiger partial charge >= 0.3 is 6.18 Å². The van der Waals surface area contributed by atoms with Gasteiger partial charge in [0, 0.05) is 9.81 Å². The van der Waals surface area contributed by atoms with E-state index in [9.17, 15) is 13.2 Å². The van der Waals surface area contributed by atoms with E-state index in [0.717, 1.165) is 15.9 Å². The molecule has 2 nitrogen and oxygen atoms in total. The molecule has 0 aliphatic carbocycles. The van der Waals surface area contributed by atoms with E-state index in [-0.39, 0.29) is 17.4 Å². The van der Waals surface area contributed by atoms with Crippen molar-refractivity contribution in [1.29, 1.82) is 0 Å². The Balaban J connectivity index is 1.96. The van der Waals surface area contributed by atoms with Crippen LogP contribution in [0.5, 0.6) is 5.75 Å². The first kappa shape index (κ1) is 23.7. The van der Waals surface area contributed by atoms with E-state index in [1.54, 1.807) is 10.8 Å². The number of allylic oxidation sites excluding steroid dienone is 2. The zero-order valence-electron chi connectivity index (χ0n) is 16.4. The summed E-state index contributed by atoms with van der Waals surface area (Å²) in [5.74, 6) is 0.0269. The SMILES string of the molecule is CC(C)(C)[Si](C)(C)OCC1=CC=C(COc2cccc(C(F)(F)F)c2Cl)SS1. The highest BCUT2D eigenvalue weighted by atomic mass is 35.5. The van der Waals surface area contributed by atoms with Crippen LogP contribution in [0.15, 0.2) is 40.2 Å². The maximum absolute atomic E-state index is 12.9. The van der Waals surface area contributed by atoms with E-state index in [2.05, 4.69) is 33.9 Å². The Morgan fingerprint density at radius 2 is 1.57 bits per heavy atom. The molecule has 0 saturated heterocycles. The van der Waals surface area contributed by atoms with Crippen LogP contribution in [0.3, 0.4) is 0 Å². The van der Waals surface area contributed by atoms with Crippen LogP contribution in [0.25, 0.3) is 0 Å². The molecule has 0 atom stereocenters. The van der Waals surface area contributed by atoms with Crippen LogP contribution in [0.1, 0.15) is 26.3 Å². The van der Waals surface area contributed by atoms with Crippen molar-refractivity contribution < 1.29 is 22.3 Å². The average molecular weight is 469 g/mol. The molecule has 0 spiro atoms. The van der Waals surface area contributed by atoms with Gasteiger partial charge in [-0.3, -0.25) is 0 Å². The Kier molecular flexibility index (Phi) is 7.70. The molecule has 0 fully saturated rings. The van der Waals surface area contributed by atoms with Gasteiger partial charge in [-0.25, -0.2) is 0 Å². The minimum atomic E-state index is -4.51. The number of hydrogen-bond donors (Lipinski definition) is 0. The summed E-state index contributed by atoms with van der Waals surface area (Å²) in [6.07, 6.45) is -0.624. The normalized spacial score (nSPS) is 15.9. The lowest BCUT2D eigenvalue weighted by Gasteiger charge is -2.36. The Labute approximate surface area is 178 Å². The summed E-state index contributed by atoms with van der Waals surface area (Å²) in [5.41, 5.74) is -0.892. The first-order valence-corrected chi connectivity index (χ1v) is 14.1. The largest absolute Gasteiger partial charge is 0.487 e. The van der Waals surface area contributed by atoms with E-state index in [1.165, 1.54) is 22.9 Å². The van der Waals surface area contributed by atoms with E-state index >= 15 is 0 Å². The molecule has 0 N–H and O–H groups in total. The molecule has 2 rings (SSSR count).